The number of nitrogens with zero attached hydrogens (tertiary/aromatic N) is 1. The fourth-order valence-corrected chi connectivity index (χ4v) is 5.24. The molecule has 0 aromatic carbocycles. The smallest absolute Gasteiger partial charge is 0.309 e. The minimum absolute atomic E-state index is 0.115. The number of carboxylic acid groups (broad SMARTS) is 3. The van der Waals surface area contributed by atoms with E-state index in [2.05, 4.69) is 19.1 Å². The van der Waals surface area contributed by atoms with E-state index in [0.717, 1.165) is 12.8 Å². The molecule has 0 unspecified atom stereocenters. The van der Waals surface area contributed by atoms with Crippen molar-refractivity contribution in [1.82, 2.24) is 0 Å². The Morgan fingerprint density at radius 2 is 0.897 bits per heavy atom. The lowest BCUT2D eigenvalue weighted by Gasteiger charge is -2.38. The van der Waals surface area contributed by atoms with Gasteiger partial charge in [-0.3, -0.25) is 9.59 Å². The lowest BCUT2D eigenvalue weighted by molar-refractivity contribution is -0.926. The van der Waals surface area contributed by atoms with E-state index in [-0.39, 0.29) is 43.4 Å². The predicted molar refractivity (Wildman–Crippen MR) is 156 cm³/mol. The SMILES string of the molecule is CCCCCCCCCCCCCCCCCCC/C=C/CC[N+](CCC(=O)[O-])(CCC(=O)O)CCC(=O)O. The molecule has 0 amide bonds. The molecule has 0 saturated heterocycles. The Hall–Kier alpha value is -1.89. The molecular weight excluding hydrogens is 494 g/mol. The highest BCUT2D eigenvalue weighted by Gasteiger charge is 2.28. The minimum atomic E-state index is -1.20. The van der Waals surface area contributed by atoms with Crippen molar-refractivity contribution in [2.24, 2.45) is 0 Å². The molecule has 0 rings (SSSR count). The Bertz CT molecular complexity index is 603. The van der Waals surface area contributed by atoms with Gasteiger partial charge in [-0.25, -0.2) is 0 Å². The zero-order valence-corrected chi connectivity index (χ0v) is 25.0. The second-order valence-electron chi connectivity index (χ2n) is 11.4. The molecule has 0 fully saturated rings. The van der Waals surface area contributed by atoms with Gasteiger partial charge in [0.1, 0.15) is 0 Å². The predicted octanol–water partition coefficient (Wildman–Crippen LogP) is 6.88. The molecule has 7 nitrogen and oxygen atoms in total. The molecule has 228 valence electrons. The number of hydrogen-bond donors (Lipinski definition) is 2. The van der Waals surface area contributed by atoms with E-state index in [1.807, 2.05) is 0 Å². The maximum absolute atomic E-state index is 11.1. The molecule has 0 aliphatic carbocycles. The molecule has 0 bridgehead atoms. The van der Waals surface area contributed by atoms with E-state index in [4.69, 9.17) is 10.2 Å². The Morgan fingerprint density at radius 3 is 1.28 bits per heavy atom. The Labute approximate surface area is 238 Å². The first kappa shape index (κ1) is 37.1. The van der Waals surface area contributed by atoms with Gasteiger partial charge in [0.25, 0.3) is 0 Å². The van der Waals surface area contributed by atoms with Gasteiger partial charge in [-0.2, -0.15) is 0 Å². The highest BCUT2D eigenvalue weighted by atomic mass is 16.4. The van der Waals surface area contributed by atoms with Crippen LogP contribution in [0, 0.1) is 0 Å². The van der Waals surface area contributed by atoms with Crippen LogP contribution in [0.4, 0.5) is 0 Å². The van der Waals surface area contributed by atoms with Crippen LogP contribution in [0.15, 0.2) is 12.2 Å². The molecule has 0 atom stereocenters. The van der Waals surface area contributed by atoms with Gasteiger partial charge >= 0.3 is 11.9 Å². The zero-order valence-electron chi connectivity index (χ0n) is 25.0. The average molecular weight is 554 g/mol. The van der Waals surface area contributed by atoms with Gasteiger partial charge in [-0.15, -0.1) is 0 Å². The van der Waals surface area contributed by atoms with Gasteiger partial charge in [0.15, 0.2) is 0 Å². The van der Waals surface area contributed by atoms with Crippen molar-refractivity contribution < 1.29 is 34.2 Å². The van der Waals surface area contributed by atoms with Crippen molar-refractivity contribution in [3.05, 3.63) is 12.2 Å². The monoisotopic (exact) mass is 553 g/mol. The van der Waals surface area contributed by atoms with E-state index < -0.39 is 17.9 Å². The van der Waals surface area contributed by atoms with Crippen molar-refractivity contribution in [2.75, 3.05) is 26.2 Å². The largest absolute Gasteiger partial charge is 0.550 e. The fraction of sp³-hybridized carbons (Fsp3) is 0.844. The fourth-order valence-electron chi connectivity index (χ4n) is 5.24. The van der Waals surface area contributed by atoms with Gasteiger partial charge in [-0.05, 0) is 12.8 Å². The van der Waals surface area contributed by atoms with Crippen LogP contribution in [0.5, 0.6) is 0 Å². The maximum atomic E-state index is 11.1. The Kier molecular flexibility index (Phi) is 25.1. The Morgan fingerprint density at radius 1 is 0.538 bits per heavy atom. The van der Waals surface area contributed by atoms with Crippen LogP contribution < -0.4 is 5.11 Å². The second-order valence-corrected chi connectivity index (χ2v) is 11.4. The molecule has 0 aliphatic heterocycles. The molecular formula is C32H59NO6. The van der Waals surface area contributed by atoms with Crippen LogP contribution in [0.2, 0.25) is 0 Å². The maximum Gasteiger partial charge on any atom is 0.309 e. The number of unbranched alkanes of at least 4 members (excludes halogenated alkanes) is 17. The summed E-state index contributed by atoms with van der Waals surface area (Å²) >= 11 is 0. The first-order valence-electron chi connectivity index (χ1n) is 15.9. The minimum Gasteiger partial charge on any atom is -0.550 e. The van der Waals surface area contributed by atoms with E-state index in [9.17, 15) is 19.5 Å². The van der Waals surface area contributed by atoms with Gasteiger partial charge < -0.3 is 24.6 Å². The third kappa shape index (κ3) is 26.1. The van der Waals surface area contributed by atoms with Crippen LogP contribution in [0.1, 0.15) is 148 Å². The van der Waals surface area contributed by atoms with Gasteiger partial charge in [0.2, 0.25) is 0 Å². The third-order valence-corrected chi connectivity index (χ3v) is 7.80. The van der Waals surface area contributed by atoms with Gasteiger partial charge in [0.05, 0.1) is 39.0 Å². The molecule has 0 saturated carbocycles. The molecule has 0 aromatic rings. The highest BCUT2D eigenvalue weighted by molar-refractivity contribution is 5.67. The van der Waals surface area contributed by atoms with E-state index in [0.29, 0.717) is 13.0 Å². The average Bonchev–Trinajstić information content (AvgIpc) is 2.90. The molecule has 0 aromatic heterocycles. The second kappa shape index (κ2) is 26.3. The molecule has 0 radical (unpaired) electrons. The number of allylic oxidation sites excluding steroid dienone is 1. The summed E-state index contributed by atoms with van der Waals surface area (Å²) in [6.45, 7) is 3.44. The first-order valence-corrected chi connectivity index (χ1v) is 15.9. The van der Waals surface area contributed by atoms with Crippen LogP contribution in [-0.4, -0.2) is 58.8 Å². The summed E-state index contributed by atoms with van der Waals surface area (Å²) in [6, 6.07) is 0. The highest BCUT2D eigenvalue weighted by Crippen LogP contribution is 2.16. The molecule has 0 heterocycles. The van der Waals surface area contributed by atoms with Crippen molar-refractivity contribution in [1.29, 1.82) is 0 Å². The van der Waals surface area contributed by atoms with Crippen LogP contribution in [-0.2, 0) is 14.4 Å². The van der Waals surface area contributed by atoms with Gasteiger partial charge in [-0.1, -0.05) is 122 Å². The topological polar surface area (TPSA) is 115 Å². The van der Waals surface area contributed by atoms with E-state index >= 15 is 0 Å². The van der Waals surface area contributed by atoms with Crippen molar-refractivity contribution in [3.8, 4) is 0 Å². The van der Waals surface area contributed by atoms with Gasteiger partial charge in [0, 0.05) is 18.8 Å². The summed E-state index contributed by atoms with van der Waals surface area (Å²) in [5, 5.41) is 29.2. The molecule has 7 heteroatoms. The summed E-state index contributed by atoms with van der Waals surface area (Å²) < 4.78 is 0.177. The molecule has 0 spiro atoms. The summed E-state index contributed by atoms with van der Waals surface area (Å²) in [4.78, 5) is 33.3. The normalized spacial score (nSPS) is 11.8. The van der Waals surface area contributed by atoms with Crippen molar-refractivity contribution >= 4 is 17.9 Å². The summed E-state index contributed by atoms with van der Waals surface area (Å²) in [5.74, 6) is -3.12. The quantitative estimate of drug-likeness (QED) is 0.0569. The number of carbonyl (C=O) groups is 3. The molecule has 0 aliphatic rings. The number of quaternary nitrogens is 1. The summed E-state index contributed by atoms with van der Waals surface area (Å²) in [7, 11) is 0. The molecule has 39 heavy (non-hydrogen) atoms. The number of hydrogen-bond acceptors (Lipinski definition) is 4. The van der Waals surface area contributed by atoms with Crippen LogP contribution in [0.25, 0.3) is 0 Å². The van der Waals surface area contributed by atoms with Crippen LogP contribution in [0.3, 0.4) is 0 Å². The van der Waals surface area contributed by atoms with E-state index in [1.165, 1.54) is 103 Å². The summed E-state index contributed by atoms with van der Waals surface area (Å²) in [5.41, 5.74) is 0. The van der Waals surface area contributed by atoms with Crippen molar-refractivity contribution in [3.63, 3.8) is 0 Å². The first-order chi connectivity index (χ1) is 18.8. The zero-order chi connectivity index (χ0) is 29.0. The summed E-state index contributed by atoms with van der Waals surface area (Å²) in [6.07, 6.45) is 28.5. The van der Waals surface area contributed by atoms with Crippen LogP contribution >= 0.6 is 0 Å². The third-order valence-electron chi connectivity index (χ3n) is 7.80. The molecule has 2 N–H and O–H groups in total. The lowest BCUT2D eigenvalue weighted by atomic mass is 10.0. The lowest BCUT2D eigenvalue weighted by Crippen LogP contribution is -2.52. The Balaban J connectivity index is 3.91. The number of rotatable bonds is 30. The van der Waals surface area contributed by atoms with Crippen molar-refractivity contribution in [2.45, 2.75) is 148 Å². The standard InChI is InChI=1S/C32H59NO6/c1-2-3-4-5-6-7-8-9-10-11-12-13-14-15-16-17-18-19-20-21-22-26-33(27-23-30(34)35,28-24-31(36)37)29-25-32(38)39/h20-21H,2-19,22-29H2,1H3,(H2-,34,35,36,37,38,39)/b21-20+. The number of carbonyl (C=O) groups excluding carboxylic acids is 1. The van der Waals surface area contributed by atoms with E-state index in [1.54, 1.807) is 0 Å². The number of carboxylic acids is 3. The number of aliphatic carboxylic acids is 3.